The predicted molar refractivity (Wildman–Crippen MR) is 137 cm³/mol. The number of aldehydes is 1. The normalized spacial score (nSPS) is 14.9. The number of ether oxygens (including phenoxy) is 2. The predicted octanol–water partition coefficient (Wildman–Crippen LogP) is 2.57. The van der Waals surface area contributed by atoms with Gasteiger partial charge in [0.15, 0.2) is 0 Å². The molecule has 0 aliphatic heterocycles. The number of rotatable bonds is 17. The Bertz CT molecular complexity index is 840. The summed E-state index contributed by atoms with van der Waals surface area (Å²) in [5.41, 5.74) is 1.90. The summed E-state index contributed by atoms with van der Waals surface area (Å²) in [7, 11) is 1.69. The van der Waals surface area contributed by atoms with Gasteiger partial charge in [0.05, 0.1) is 38.8 Å². The van der Waals surface area contributed by atoms with E-state index in [-0.39, 0.29) is 48.3 Å². The monoisotopic (exact) mass is 503 g/mol. The van der Waals surface area contributed by atoms with Crippen LogP contribution < -0.4 is 10.6 Å². The summed E-state index contributed by atoms with van der Waals surface area (Å²) in [6.45, 7) is 5.83. The van der Waals surface area contributed by atoms with Crippen molar-refractivity contribution in [1.29, 1.82) is 0 Å². The second-order valence-electron chi connectivity index (χ2n) is 9.46. The molecule has 0 aromatic heterocycles. The maximum Gasteiger partial charge on any atom is 0.226 e. The Morgan fingerprint density at radius 2 is 1.69 bits per heavy atom. The zero-order valence-electron chi connectivity index (χ0n) is 21.8. The maximum atomic E-state index is 12.8. The molecule has 1 aromatic rings. The van der Waals surface area contributed by atoms with E-state index in [1.807, 2.05) is 31.2 Å². The summed E-state index contributed by atoms with van der Waals surface area (Å²) >= 11 is 0. The number of hydrogen-bond acceptors (Lipinski definition) is 6. The van der Waals surface area contributed by atoms with Gasteiger partial charge in [-0.1, -0.05) is 31.0 Å². The Balaban J connectivity index is 1.47. The highest BCUT2D eigenvalue weighted by Gasteiger charge is 2.37. The highest BCUT2D eigenvalue weighted by molar-refractivity contribution is 5.90. The fourth-order valence-corrected chi connectivity index (χ4v) is 4.07. The van der Waals surface area contributed by atoms with Gasteiger partial charge in [0.2, 0.25) is 17.7 Å². The first kappa shape index (κ1) is 29.5. The molecule has 2 atom stereocenters. The third-order valence-electron chi connectivity index (χ3n) is 6.52. The van der Waals surface area contributed by atoms with Crippen LogP contribution in [0.15, 0.2) is 24.3 Å². The van der Waals surface area contributed by atoms with Crippen molar-refractivity contribution in [2.75, 3.05) is 51.9 Å². The van der Waals surface area contributed by atoms with E-state index in [1.165, 1.54) is 0 Å². The fourth-order valence-electron chi connectivity index (χ4n) is 4.07. The second kappa shape index (κ2) is 16.1. The molecule has 2 rings (SSSR count). The molecule has 0 saturated heterocycles. The minimum absolute atomic E-state index is 0.0527. The minimum atomic E-state index is -0.309. The van der Waals surface area contributed by atoms with Crippen LogP contribution in [-0.4, -0.2) is 75.5 Å². The van der Waals surface area contributed by atoms with Crippen LogP contribution in [-0.2, 0) is 28.7 Å². The largest absolute Gasteiger partial charge is 0.379 e. The highest BCUT2D eigenvalue weighted by Crippen LogP contribution is 2.37. The summed E-state index contributed by atoms with van der Waals surface area (Å²) < 4.78 is 10.9. The molecule has 0 radical (unpaired) electrons. The number of carbonyl (C=O) groups is 4. The average Bonchev–Trinajstić information content (AvgIpc) is 2.84. The lowest BCUT2D eigenvalue weighted by atomic mass is 9.70. The Labute approximate surface area is 214 Å². The SMILES string of the molecule is Cc1ccc(NC(=O)CCOCCOCCNC(=O)CCN(C)C(=O)C(C(C)C=O)C2CCC2)cc1. The lowest BCUT2D eigenvalue weighted by molar-refractivity contribution is -0.141. The minimum Gasteiger partial charge on any atom is -0.379 e. The van der Waals surface area contributed by atoms with Crippen LogP contribution in [0.3, 0.4) is 0 Å². The van der Waals surface area contributed by atoms with E-state index in [9.17, 15) is 19.2 Å². The molecule has 1 aliphatic carbocycles. The second-order valence-corrected chi connectivity index (χ2v) is 9.46. The van der Waals surface area contributed by atoms with Crippen LogP contribution in [0.2, 0.25) is 0 Å². The third-order valence-corrected chi connectivity index (χ3v) is 6.52. The summed E-state index contributed by atoms with van der Waals surface area (Å²) in [4.78, 5) is 49.6. The summed E-state index contributed by atoms with van der Waals surface area (Å²) in [5, 5.41) is 5.60. The molecule has 200 valence electrons. The average molecular weight is 504 g/mol. The van der Waals surface area contributed by atoms with Gasteiger partial charge in [-0.05, 0) is 37.8 Å². The Kier molecular flexibility index (Phi) is 13.1. The molecule has 0 bridgehead atoms. The number of nitrogens with zero attached hydrogens (tertiary/aromatic N) is 1. The van der Waals surface area contributed by atoms with E-state index in [2.05, 4.69) is 10.6 Å². The van der Waals surface area contributed by atoms with Gasteiger partial charge in [-0.2, -0.15) is 0 Å². The third kappa shape index (κ3) is 10.5. The van der Waals surface area contributed by atoms with Gasteiger partial charge in [-0.3, -0.25) is 14.4 Å². The quantitative estimate of drug-likeness (QED) is 0.250. The van der Waals surface area contributed by atoms with Crippen LogP contribution >= 0.6 is 0 Å². The van der Waals surface area contributed by atoms with Crippen LogP contribution in [0.25, 0.3) is 0 Å². The molecule has 1 aromatic carbocycles. The van der Waals surface area contributed by atoms with Gasteiger partial charge in [0.1, 0.15) is 6.29 Å². The summed E-state index contributed by atoms with van der Waals surface area (Å²) in [6.07, 6.45) is 4.38. The van der Waals surface area contributed by atoms with Crippen LogP contribution in [0.1, 0.15) is 44.6 Å². The van der Waals surface area contributed by atoms with Crippen molar-refractivity contribution in [2.45, 2.75) is 46.0 Å². The van der Waals surface area contributed by atoms with E-state index in [0.717, 1.165) is 36.8 Å². The van der Waals surface area contributed by atoms with Crippen molar-refractivity contribution < 1.29 is 28.7 Å². The number of hydrogen-bond donors (Lipinski definition) is 2. The molecule has 1 aliphatic rings. The topological polar surface area (TPSA) is 114 Å². The number of amides is 3. The van der Waals surface area contributed by atoms with Crippen LogP contribution in [0.4, 0.5) is 5.69 Å². The van der Waals surface area contributed by atoms with E-state index in [4.69, 9.17) is 9.47 Å². The highest BCUT2D eigenvalue weighted by atomic mass is 16.5. The van der Waals surface area contributed by atoms with Gasteiger partial charge in [-0.15, -0.1) is 0 Å². The number of carbonyl (C=O) groups excluding carboxylic acids is 4. The zero-order valence-corrected chi connectivity index (χ0v) is 21.8. The Hall–Kier alpha value is -2.78. The number of anilines is 1. The van der Waals surface area contributed by atoms with Crippen molar-refractivity contribution in [3.05, 3.63) is 29.8 Å². The molecule has 1 saturated carbocycles. The lowest BCUT2D eigenvalue weighted by Gasteiger charge is -2.36. The first-order valence-electron chi connectivity index (χ1n) is 12.8. The van der Waals surface area contributed by atoms with E-state index in [0.29, 0.717) is 39.5 Å². The molecular formula is C27H41N3O6. The van der Waals surface area contributed by atoms with E-state index < -0.39 is 0 Å². The van der Waals surface area contributed by atoms with Crippen molar-refractivity contribution in [2.24, 2.45) is 17.8 Å². The maximum absolute atomic E-state index is 12.8. The first-order chi connectivity index (χ1) is 17.3. The van der Waals surface area contributed by atoms with Crippen LogP contribution in [0.5, 0.6) is 0 Å². The molecule has 0 spiro atoms. The van der Waals surface area contributed by atoms with Gasteiger partial charge in [-0.25, -0.2) is 0 Å². The molecule has 0 heterocycles. The standard InChI is InChI=1S/C27H41N3O6/c1-20-7-9-23(10-8-20)29-25(33)12-15-35-17-18-36-16-13-28-24(32)11-14-30(3)27(34)26(21(2)19-31)22-5-4-6-22/h7-10,19,21-22,26H,4-6,11-18H2,1-3H3,(H,28,32)(H,29,33). The van der Waals surface area contributed by atoms with Crippen LogP contribution in [0, 0.1) is 24.7 Å². The summed E-state index contributed by atoms with van der Waals surface area (Å²) in [6, 6.07) is 7.60. The molecular weight excluding hydrogens is 462 g/mol. The molecule has 9 nitrogen and oxygen atoms in total. The zero-order chi connectivity index (χ0) is 26.3. The molecule has 2 unspecified atom stereocenters. The van der Waals surface area contributed by atoms with Gasteiger partial charge >= 0.3 is 0 Å². The van der Waals surface area contributed by atoms with Crippen molar-refractivity contribution in [3.8, 4) is 0 Å². The first-order valence-corrected chi connectivity index (χ1v) is 12.8. The summed E-state index contributed by atoms with van der Waals surface area (Å²) in [5.74, 6) is -0.642. The number of aryl methyl sites for hydroxylation is 1. The van der Waals surface area contributed by atoms with Crippen molar-refractivity contribution in [3.63, 3.8) is 0 Å². The Morgan fingerprint density at radius 1 is 1.03 bits per heavy atom. The molecule has 1 fully saturated rings. The van der Waals surface area contributed by atoms with Gasteiger partial charge in [0.25, 0.3) is 0 Å². The van der Waals surface area contributed by atoms with Crippen molar-refractivity contribution >= 4 is 29.7 Å². The smallest absolute Gasteiger partial charge is 0.226 e. The molecule has 3 amide bonds. The van der Waals surface area contributed by atoms with Gasteiger partial charge in [0, 0.05) is 38.2 Å². The van der Waals surface area contributed by atoms with E-state index >= 15 is 0 Å². The molecule has 2 N–H and O–H groups in total. The lowest BCUT2D eigenvalue weighted by Crippen LogP contribution is -2.43. The molecule has 9 heteroatoms. The fraction of sp³-hybridized carbons (Fsp3) is 0.630. The number of nitrogens with one attached hydrogen (secondary N) is 2. The Morgan fingerprint density at radius 3 is 2.31 bits per heavy atom. The van der Waals surface area contributed by atoms with E-state index in [1.54, 1.807) is 18.9 Å². The van der Waals surface area contributed by atoms with Gasteiger partial charge < -0.3 is 29.8 Å². The van der Waals surface area contributed by atoms with Crippen molar-refractivity contribution in [1.82, 2.24) is 10.2 Å². The molecule has 36 heavy (non-hydrogen) atoms. The number of benzene rings is 1.